The van der Waals surface area contributed by atoms with Crippen LogP contribution in [0.2, 0.25) is 0 Å². The summed E-state index contributed by atoms with van der Waals surface area (Å²) in [6, 6.07) is 4.62. The van der Waals surface area contributed by atoms with E-state index in [0.717, 1.165) is 30.8 Å². The first-order valence-electron chi connectivity index (χ1n) is 6.25. The van der Waals surface area contributed by atoms with Crippen LogP contribution < -0.4 is 5.32 Å². The lowest BCUT2D eigenvalue weighted by Crippen LogP contribution is -2.22. The average Bonchev–Trinajstić information content (AvgIpc) is 2.28. The summed E-state index contributed by atoms with van der Waals surface area (Å²) in [6.07, 6.45) is 2.00. The third-order valence-electron chi connectivity index (χ3n) is 2.63. The standard InChI is InChI=1S/C15H22N2/c1-5-7-8-15(16-9-6-2)14-10-12(3)17-13(4)11-14/h10-11,15-16H,6,8-9H2,1-4H3. The van der Waals surface area contributed by atoms with Crippen LogP contribution in [0.1, 0.15) is 49.7 Å². The van der Waals surface area contributed by atoms with E-state index in [4.69, 9.17) is 0 Å². The Bertz CT molecular complexity index is 392. The summed E-state index contributed by atoms with van der Waals surface area (Å²) in [7, 11) is 0. The van der Waals surface area contributed by atoms with Crippen molar-refractivity contribution in [3.05, 3.63) is 29.1 Å². The largest absolute Gasteiger partial charge is 0.309 e. The highest BCUT2D eigenvalue weighted by molar-refractivity contribution is 5.25. The number of rotatable bonds is 5. The van der Waals surface area contributed by atoms with Crippen molar-refractivity contribution in [2.75, 3.05) is 6.54 Å². The summed E-state index contributed by atoms with van der Waals surface area (Å²) in [4.78, 5) is 4.41. The maximum atomic E-state index is 4.41. The first-order valence-corrected chi connectivity index (χ1v) is 6.25. The Morgan fingerprint density at radius 2 is 1.94 bits per heavy atom. The molecule has 1 aromatic rings. The minimum absolute atomic E-state index is 0.322. The van der Waals surface area contributed by atoms with Crippen molar-refractivity contribution in [1.29, 1.82) is 0 Å². The van der Waals surface area contributed by atoms with Crippen LogP contribution in [0.15, 0.2) is 12.1 Å². The van der Waals surface area contributed by atoms with Crippen LogP contribution in [0.3, 0.4) is 0 Å². The fourth-order valence-electron chi connectivity index (χ4n) is 1.90. The Kier molecular flexibility index (Phi) is 5.72. The maximum Gasteiger partial charge on any atom is 0.0432 e. The molecule has 1 unspecified atom stereocenters. The lowest BCUT2D eigenvalue weighted by Gasteiger charge is -2.17. The molecule has 2 nitrogen and oxygen atoms in total. The van der Waals surface area contributed by atoms with E-state index in [1.807, 2.05) is 20.8 Å². The Labute approximate surface area is 105 Å². The molecule has 1 aromatic heterocycles. The summed E-state index contributed by atoms with van der Waals surface area (Å²) >= 11 is 0. The van der Waals surface area contributed by atoms with Crippen molar-refractivity contribution >= 4 is 0 Å². The molecule has 0 radical (unpaired) electrons. The van der Waals surface area contributed by atoms with Gasteiger partial charge in [0, 0.05) is 23.9 Å². The van der Waals surface area contributed by atoms with Crippen LogP contribution in [0, 0.1) is 25.7 Å². The van der Waals surface area contributed by atoms with Gasteiger partial charge in [0.15, 0.2) is 0 Å². The highest BCUT2D eigenvalue weighted by atomic mass is 14.9. The molecule has 0 fully saturated rings. The van der Waals surface area contributed by atoms with Crippen molar-refractivity contribution in [3.8, 4) is 11.8 Å². The number of hydrogen-bond donors (Lipinski definition) is 1. The van der Waals surface area contributed by atoms with E-state index in [9.17, 15) is 0 Å². The zero-order valence-electron chi connectivity index (χ0n) is 11.3. The van der Waals surface area contributed by atoms with Gasteiger partial charge in [0.1, 0.15) is 0 Å². The van der Waals surface area contributed by atoms with Gasteiger partial charge in [0.25, 0.3) is 0 Å². The summed E-state index contributed by atoms with van der Waals surface area (Å²) in [6.45, 7) is 9.17. The van der Waals surface area contributed by atoms with Gasteiger partial charge in [-0.2, -0.15) is 0 Å². The van der Waals surface area contributed by atoms with E-state index in [1.165, 1.54) is 5.56 Å². The zero-order chi connectivity index (χ0) is 12.7. The van der Waals surface area contributed by atoms with Crippen LogP contribution >= 0.6 is 0 Å². The summed E-state index contributed by atoms with van der Waals surface area (Å²) in [5.74, 6) is 6.13. The number of pyridine rings is 1. The van der Waals surface area contributed by atoms with E-state index < -0.39 is 0 Å². The second-order valence-corrected chi connectivity index (χ2v) is 4.32. The molecule has 0 aromatic carbocycles. The van der Waals surface area contributed by atoms with Crippen molar-refractivity contribution < 1.29 is 0 Å². The molecule has 0 saturated heterocycles. The summed E-state index contributed by atoms with van der Waals surface area (Å²) in [5, 5.41) is 3.54. The van der Waals surface area contributed by atoms with Gasteiger partial charge in [-0.05, 0) is 51.4 Å². The molecule has 0 bridgehead atoms. The molecule has 0 amide bonds. The zero-order valence-corrected chi connectivity index (χ0v) is 11.3. The lowest BCUT2D eigenvalue weighted by atomic mass is 10.0. The quantitative estimate of drug-likeness (QED) is 0.786. The normalized spacial score (nSPS) is 11.8. The topological polar surface area (TPSA) is 24.9 Å². The summed E-state index contributed by atoms with van der Waals surface area (Å²) < 4.78 is 0. The van der Waals surface area contributed by atoms with Gasteiger partial charge in [-0.15, -0.1) is 11.8 Å². The van der Waals surface area contributed by atoms with Crippen LogP contribution in [0.4, 0.5) is 0 Å². The van der Waals surface area contributed by atoms with Crippen molar-refractivity contribution in [1.82, 2.24) is 10.3 Å². The first kappa shape index (κ1) is 13.7. The molecule has 1 heterocycles. The second-order valence-electron chi connectivity index (χ2n) is 4.32. The van der Waals surface area contributed by atoms with Gasteiger partial charge < -0.3 is 5.32 Å². The Morgan fingerprint density at radius 1 is 1.29 bits per heavy atom. The predicted molar refractivity (Wildman–Crippen MR) is 72.8 cm³/mol. The summed E-state index contributed by atoms with van der Waals surface area (Å²) in [5.41, 5.74) is 3.45. The molecular weight excluding hydrogens is 208 g/mol. The molecule has 0 aliphatic carbocycles. The van der Waals surface area contributed by atoms with Gasteiger partial charge in [-0.25, -0.2) is 0 Å². The molecular formula is C15H22N2. The van der Waals surface area contributed by atoms with Gasteiger partial charge in [0.05, 0.1) is 0 Å². The van der Waals surface area contributed by atoms with Crippen LogP contribution in [0.5, 0.6) is 0 Å². The van der Waals surface area contributed by atoms with Crippen molar-refractivity contribution in [2.45, 2.75) is 46.6 Å². The van der Waals surface area contributed by atoms with Gasteiger partial charge >= 0.3 is 0 Å². The smallest absolute Gasteiger partial charge is 0.0432 e. The number of aromatic nitrogens is 1. The molecule has 0 aliphatic rings. The Balaban J connectivity index is 2.88. The van der Waals surface area contributed by atoms with Crippen LogP contribution in [-0.4, -0.2) is 11.5 Å². The maximum absolute atomic E-state index is 4.41. The minimum atomic E-state index is 0.322. The Morgan fingerprint density at radius 3 is 2.47 bits per heavy atom. The molecule has 1 rings (SSSR count). The van der Waals surface area contributed by atoms with Crippen molar-refractivity contribution in [3.63, 3.8) is 0 Å². The molecule has 0 spiro atoms. The minimum Gasteiger partial charge on any atom is -0.309 e. The highest BCUT2D eigenvalue weighted by Crippen LogP contribution is 2.18. The molecule has 1 atom stereocenters. The van der Waals surface area contributed by atoms with E-state index >= 15 is 0 Å². The molecule has 92 valence electrons. The number of nitrogens with one attached hydrogen (secondary N) is 1. The van der Waals surface area contributed by atoms with Crippen molar-refractivity contribution in [2.24, 2.45) is 0 Å². The monoisotopic (exact) mass is 230 g/mol. The molecule has 0 aliphatic heterocycles. The predicted octanol–water partition coefficient (Wildman–Crippen LogP) is 3.15. The third-order valence-corrected chi connectivity index (χ3v) is 2.63. The molecule has 2 heteroatoms. The number of nitrogens with zero attached hydrogens (tertiary/aromatic N) is 1. The van der Waals surface area contributed by atoms with Crippen LogP contribution in [-0.2, 0) is 0 Å². The fourth-order valence-corrected chi connectivity index (χ4v) is 1.90. The number of aryl methyl sites for hydroxylation is 2. The molecule has 17 heavy (non-hydrogen) atoms. The Hall–Kier alpha value is -1.33. The average molecular weight is 230 g/mol. The van der Waals surface area contributed by atoms with E-state index in [2.05, 4.69) is 41.2 Å². The van der Waals surface area contributed by atoms with Gasteiger partial charge in [-0.3, -0.25) is 4.98 Å². The van der Waals surface area contributed by atoms with Gasteiger partial charge in [-0.1, -0.05) is 6.92 Å². The van der Waals surface area contributed by atoms with E-state index in [1.54, 1.807) is 0 Å². The second kappa shape index (κ2) is 7.09. The molecule has 1 N–H and O–H groups in total. The molecule has 0 saturated carbocycles. The fraction of sp³-hybridized carbons (Fsp3) is 0.533. The van der Waals surface area contributed by atoms with E-state index in [0.29, 0.717) is 6.04 Å². The highest BCUT2D eigenvalue weighted by Gasteiger charge is 2.10. The van der Waals surface area contributed by atoms with Gasteiger partial charge in [0.2, 0.25) is 0 Å². The first-order chi connectivity index (χ1) is 8.17. The lowest BCUT2D eigenvalue weighted by molar-refractivity contribution is 0.541. The van der Waals surface area contributed by atoms with E-state index in [-0.39, 0.29) is 0 Å². The SMILES string of the molecule is CC#CCC(NCCC)c1cc(C)nc(C)c1. The number of hydrogen-bond acceptors (Lipinski definition) is 2. The third kappa shape index (κ3) is 4.58. The van der Waals surface area contributed by atoms with Crippen LogP contribution in [0.25, 0.3) is 0 Å².